The predicted molar refractivity (Wildman–Crippen MR) is 96.0 cm³/mol. The van der Waals surface area contributed by atoms with Gasteiger partial charge in [-0.2, -0.15) is 5.10 Å². The van der Waals surface area contributed by atoms with Crippen molar-refractivity contribution in [3.8, 4) is 0 Å². The van der Waals surface area contributed by atoms with E-state index in [0.717, 1.165) is 42.8 Å². The van der Waals surface area contributed by atoms with E-state index in [1.165, 1.54) is 25.7 Å². The fourth-order valence-electron chi connectivity index (χ4n) is 4.37. The van der Waals surface area contributed by atoms with Gasteiger partial charge >= 0.3 is 5.97 Å². The van der Waals surface area contributed by atoms with Gasteiger partial charge in [-0.3, -0.25) is 10.00 Å². The molecule has 0 amide bonds. The summed E-state index contributed by atoms with van der Waals surface area (Å²) in [5.74, 6) is 3.65. The lowest BCUT2D eigenvalue weighted by Crippen LogP contribution is -2.20. The number of carbonyl (C=O) groups is 1. The van der Waals surface area contributed by atoms with Crippen molar-refractivity contribution in [2.45, 2.75) is 44.1 Å². The van der Waals surface area contributed by atoms with Gasteiger partial charge in [-0.25, -0.2) is 9.78 Å². The molecule has 26 heavy (non-hydrogen) atoms. The Labute approximate surface area is 152 Å². The van der Waals surface area contributed by atoms with Crippen LogP contribution < -0.4 is 0 Å². The molecule has 6 heteroatoms. The Morgan fingerprint density at radius 3 is 2.81 bits per heavy atom. The quantitative estimate of drug-likeness (QED) is 0.835. The summed E-state index contributed by atoms with van der Waals surface area (Å²) in [6.07, 6.45) is 5.10. The average molecular weight is 352 g/mol. The molecule has 1 aromatic carbocycles. The number of carboxylic acid groups (broad SMARTS) is 1. The fraction of sp³-hybridized carbons (Fsp3) is 0.550. The Morgan fingerprint density at radius 2 is 2.08 bits per heavy atom. The number of H-pyrrole nitrogens is 1. The van der Waals surface area contributed by atoms with Crippen LogP contribution in [0, 0.1) is 11.8 Å². The Kier molecular flexibility index (Phi) is 3.81. The largest absolute Gasteiger partial charge is 0.478 e. The van der Waals surface area contributed by atoms with Crippen molar-refractivity contribution in [2.24, 2.45) is 11.8 Å². The van der Waals surface area contributed by atoms with Gasteiger partial charge in [0.15, 0.2) is 5.82 Å². The van der Waals surface area contributed by atoms with Gasteiger partial charge in [0.1, 0.15) is 5.82 Å². The molecule has 3 aliphatic rings. The highest BCUT2D eigenvalue weighted by Gasteiger charge is 2.44. The van der Waals surface area contributed by atoms with E-state index in [0.29, 0.717) is 23.3 Å². The van der Waals surface area contributed by atoms with Crippen LogP contribution in [0.2, 0.25) is 0 Å². The van der Waals surface area contributed by atoms with Gasteiger partial charge in [0.2, 0.25) is 0 Å². The molecule has 1 aromatic heterocycles. The number of rotatable bonds is 6. The van der Waals surface area contributed by atoms with Gasteiger partial charge in [0.25, 0.3) is 0 Å². The molecule has 1 saturated heterocycles. The predicted octanol–water partition coefficient (Wildman–Crippen LogP) is 3.01. The van der Waals surface area contributed by atoms with E-state index in [4.69, 9.17) is 4.98 Å². The van der Waals surface area contributed by atoms with Crippen LogP contribution in [0.15, 0.2) is 24.3 Å². The third-order valence-corrected chi connectivity index (χ3v) is 6.06. The van der Waals surface area contributed by atoms with E-state index in [1.54, 1.807) is 12.1 Å². The van der Waals surface area contributed by atoms with Crippen molar-refractivity contribution >= 4 is 5.97 Å². The number of aromatic amines is 1. The Bertz CT molecular complexity index is 825. The van der Waals surface area contributed by atoms with Gasteiger partial charge in [0.05, 0.1) is 5.56 Å². The minimum absolute atomic E-state index is 0.362. The summed E-state index contributed by atoms with van der Waals surface area (Å²) in [4.78, 5) is 18.5. The van der Waals surface area contributed by atoms with E-state index in [2.05, 4.69) is 15.1 Å². The smallest absolute Gasteiger partial charge is 0.335 e. The normalized spacial score (nSPS) is 26.3. The number of hydrogen-bond acceptors (Lipinski definition) is 4. The van der Waals surface area contributed by atoms with Crippen molar-refractivity contribution in [2.75, 3.05) is 13.1 Å². The van der Waals surface area contributed by atoms with E-state index in [1.807, 2.05) is 12.1 Å². The molecular formula is C20H24N4O2. The monoisotopic (exact) mass is 352 g/mol. The van der Waals surface area contributed by atoms with Gasteiger partial charge in [-0.1, -0.05) is 12.1 Å². The molecule has 2 heterocycles. The summed E-state index contributed by atoms with van der Waals surface area (Å²) < 4.78 is 0. The maximum absolute atomic E-state index is 11.2. The SMILES string of the molecule is O=C(O)c1cccc(CN2C[C@H](c3nc(C4CC4)n[nH]3)[C@@H](C3CC3)C2)c1. The fourth-order valence-corrected chi connectivity index (χ4v) is 4.37. The molecule has 0 radical (unpaired) electrons. The lowest BCUT2D eigenvalue weighted by molar-refractivity contribution is 0.0696. The standard InChI is InChI=1S/C20H24N4O2/c25-20(26)15-3-1-2-12(8-15)9-24-10-16(13-4-5-13)17(11-24)19-21-18(22-23-19)14-6-7-14/h1-3,8,13-14,16-17H,4-7,9-11H2,(H,25,26)(H,21,22,23)/t16-,17+/m1/s1. The molecule has 2 N–H and O–H groups in total. The van der Waals surface area contributed by atoms with Crippen molar-refractivity contribution in [1.82, 2.24) is 20.1 Å². The first-order valence-electron chi connectivity index (χ1n) is 9.64. The first-order chi connectivity index (χ1) is 12.7. The topological polar surface area (TPSA) is 82.1 Å². The van der Waals surface area contributed by atoms with E-state index in [-0.39, 0.29) is 0 Å². The Balaban J connectivity index is 1.33. The van der Waals surface area contributed by atoms with Crippen LogP contribution in [0.5, 0.6) is 0 Å². The number of nitrogens with one attached hydrogen (secondary N) is 1. The summed E-state index contributed by atoms with van der Waals surface area (Å²) in [6.45, 7) is 2.83. The second kappa shape index (κ2) is 6.20. The Hall–Kier alpha value is -2.21. The van der Waals surface area contributed by atoms with Crippen molar-refractivity contribution in [3.63, 3.8) is 0 Å². The van der Waals surface area contributed by atoms with Crippen LogP contribution in [0.3, 0.4) is 0 Å². The minimum Gasteiger partial charge on any atom is -0.478 e. The zero-order chi connectivity index (χ0) is 17.7. The lowest BCUT2D eigenvalue weighted by atomic mass is 9.91. The van der Waals surface area contributed by atoms with Gasteiger partial charge in [-0.05, 0) is 55.2 Å². The first kappa shape index (κ1) is 16.0. The number of aromatic nitrogens is 3. The molecule has 6 nitrogen and oxygen atoms in total. The number of hydrogen-bond donors (Lipinski definition) is 2. The van der Waals surface area contributed by atoms with Gasteiger partial charge in [-0.15, -0.1) is 0 Å². The van der Waals surface area contributed by atoms with Crippen molar-refractivity contribution in [1.29, 1.82) is 0 Å². The van der Waals surface area contributed by atoms with Crippen LogP contribution >= 0.6 is 0 Å². The number of benzene rings is 1. The van der Waals surface area contributed by atoms with Crippen molar-refractivity contribution < 1.29 is 9.90 Å². The minimum atomic E-state index is -0.865. The number of nitrogens with zero attached hydrogens (tertiary/aromatic N) is 3. The highest BCUT2D eigenvalue weighted by molar-refractivity contribution is 5.87. The lowest BCUT2D eigenvalue weighted by Gasteiger charge is -2.16. The summed E-state index contributed by atoms with van der Waals surface area (Å²) >= 11 is 0. The maximum Gasteiger partial charge on any atom is 0.335 e. The first-order valence-corrected chi connectivity index (χ1v) is 9.64. The van der Waals surface area contributed by atoms with E-state index >= 15 is 0 Å². The number of likely N-dealkylation sites (tertiary alicyclic amines) is 1. The summed E-state index contributed by atoms with van der Waals surface area (Å²) in [6, 6.07) is 7.30. The van der Waals surface area contributed by atoms with Crippen LogP contribution in [-0.4, -0.2) is 44.2 Å². The second-order valence-corrected chi connectivity index (χ2v) is 8.16. The van der Waals surface area contributed by atoms with Crippen LogP contribution in [-0.2, 0) is 6.54 Å². The molecule has 0 unspecified atom stereocenters. The number of carboxylic acids is 1. The van der Waals surface area contributed by atoms with E-state index < -0.39 is 5.97 Å². The van der Waals surface area contributed by atoms with Crippen LogP contribution in [0.4, 0.5) is 0 Å². The highest BCUT2D eigenvalue weighted by Crippen LogP contribution is 2.47. The highest BCUT2D eigenvalue weighted by atomic mass is 16.4. The third-order valence-electron chi connectivity index (χ3n) is 6.06. The summed E-state index contributed by atoms with van der Waals surface area (Å²) in [7, 11) is 0. The molecule has 1 aliphatic heterocycles. The average Bonchev–Trinajstić information content (AvgIpc) is 3.57. The third kappa shape index (κ3) is 3.14. The molecule has 2 aliphatic carbocycles. The van der Waals surface area contributed by atoms with Crippen LogP contribution in [0.1, 0.15) is 65.1 Å². The molecule has 3 fully saturated rings. The second-order valence-electron chi connectivity index (χ2n) is 8.16. The number of aromatic carboxylic acids is 1. The van der Waals surface area contributed by atoms with Gasteiger partial charge < -0.3 is 5.11 Å². The molecule has 0 spiro atoms. The van der Waals surface area contributed by atoms with Crippen LogP contribution in [0.25, 0.3) is 0 Å². The molecule has 0 bridgehead atoms. The maximum atomic E-state index is 11.2. The molecule has 2 saturated carbocycles. The molecule has 136 valence electrons. The molecular weight excluding hydrogens is 328 g/mol. The van der Waals surface area contributed by atoms with E-state index in [9.17, 15) is 9.90 Å². The molecule has 2 atom stereocenters. The molecule has 5 rings (SSSR count). The van der Waals surface area contributed by atoms with Gasteiger partial charge in [0, 0.05) is 31.5 Å². The summed E-state index contributed by atoms with van der Waals surface area (Å²) in [5, 5.41) is 16.9. The zero-order valence-corrected chi connectivity index (χ0v) is 14.8. The zero-order valence-electron chi connectivity index (χ0n) is 14.8. The summed E-state index contributed by atoms with van der Waals surface area (Å²) in [5.41, 5.74) is 1.43. The van der Waals surface area contributed by atoms with Crippen molar-refractivity contribution in [3.05, 3.63) is 47.0 Å². The molecule has 2 aromatic rings. The Morgan fingerprint density at radius 1 is 1.23 bits per heavy atom.